The Balaban J connectivity index is 1.38. The van der Waals surface area contributed by atoms with Crippen LogP contribution in [-0.4, -0.2) is 48.1 Å². The number of hydrogen-bond acceptors (Lipinski definition) is 7. The average molecular weight is 560 g/mol. The molecule has 0 aliphatic carbocycles. The zero-order chi connectivity index (χ0) is 28.8. The second-order valence-corrected chi connectivity index (χ2v) is 10.2. The molecule has 0 spiro atoms. The van der Waals surface area contributed by atoms with Gasteiger partial charge in [0, 0.05) is 11.4 Å². The Hall–Kier alpha value is -4.57. The van der Waals surface area contributed by atoms with Gasteiger partial charge in [0.1, 0.15) is 6.54 Å². The van der Waals surface area contributed by atoms with Crippen LogP contribution in [0.5, 0.6) is 11.5 Å². The summed E-state index contributed by atoms with van der Waals surface area (Å²) < 4.78 is 11.1. The van der Waals surface area contributed by atoms with E-state index in [-0.39, 0.29) is 17.4 Å². The molecule has 3 aromatic rings. The molecule has 40 heavy (non-hydrogen) atoms. The minimum atomic E-state index is -0.559. The maximum atomic E-state index is 12.9. The largest absolute Gasteiger partial charge is 0.493 e. The molecule has 4 rings (SSSR count). The number of nitrogens with one attached hydrogen (secondary N) is 2. The molecule has 1 fully saturated rings. The van der Waals surface area contributed by atoms with Crippen LogP contribution in [0, 0.1) is 20.8 Å². The molecule has 206 valence electrons. The van der Waals surface area contributed by atoms with E-state index in [2.05, 4.69) is 10.6 Å². The van der Waals surface area contributed by atoms with Crippen LogP contribution < -0.4 is 20.1 Å². The van der Waals surface area contributed by atoms with Crippen molar-refractivity contribution in [1.82, 2.24) is 4.90 Å². The summed E-state index contributed by atoms with van der Waals surface area (Å²) in [4.78, 5) is 51.3. The molecule has 1 aliphatic heterocycles. The van der Waals surface area contributed by atoms with Gasteiger partial charge in [-0.15, -0.1) is 0 Å². The molecule has 4 amide bonds. The van der Waals surface area contributed by atoms with Gasteiger partial charge in [-0.1, -0.05) is 24.3 Å². The average Bonchev–Trinajstić information content (AvgIpc) is 3.17. The van der Waals surface area contributed by atoms with E-state index in [1.165, 1.54) is 7.11 Å². The number of rotatable bonds is 9. The Morgan fingerprint density at radius 3 is 2.35 bits per heavy atom. The summed E-state index contributed by atoms with van der Waals surface area (Å²) in [7, 11) is 1.46. The molecule has 2 N–H and O–H groups in total. The van der Waals surface area contributed by atoms with E-state index >= 15 is 0 Å². The highest BCUT2D eigenvalue weighted by Crippen LogP contribution is 2.34. The maximum absolute atomic E-state index is 12.9. The van der Waals surface area contributed by atoms with Gasteiger partial charge >= 0.3 is 0 Å². The first-order valence-electron chi connectivity index (χ1n) is 12.4. The minimum absolute atomic E-state index is 0.178. The molecule has 0 bridgehead atoms. The fourth-order valence-electron chi connectivity index (χ4n) is 3.91. The monoisotopic (exact) mass is 559 g/mol. The number of nitrogens with zero attached hydrogens (tertiary/aromatic N) is 1. The van der Waals surface area contributed by atoms with E-state index < -0.39 is 23.6 Å². The molecule has 0 atom stereocenters. The van der Waals surface area contributed by atoms with Gasteiger partial charge in [-0.3, -0.25) is 24.1 Å². The summed E-state index contributed by atoms with van der Waals surface area (Å²) in [5.74, 6) is -0.662. The van der Waals surface area contributed by atoms with Crippen LogP contribution in [0.3, 0.4) is 0 Å². The van der Waals surface area contributed by atoms with Gasteiger partial charge in [-0.2, -0.15) is 0 Å². The van der Waals surface area contributed by atoms with Gasteiger partial charge < -0.3 is 20.1 Å². The number of aryl methyl sites for hydroxylation is 3. The van der Waals surface area contributed by atoms with Crippen molar-refractivity contribution in [2.45, 2.75) is 20.8 Å². The highest BCUT2D eigenvalue weighted by molar-refractivity contribution is 8.18. The topological polar surface area (TPSA) is 114 Å². The molecule has 9 nitrogen and oxygen atoms in total. The third-order valence-electron chi connectivity index (χ3n) is 6.11. The Morgan fingerprint density at radius 2 is 1.62 bits per heavy atom. The number of anilines is 2. The van der Waals surface area contributed by atoms with Gasteiger partial charge in [-0.25, -0.2) is 0 Å². The van der Waals surface area contributed by atoms with Crippen LogP contribution in [0.15, 0.2) is 65.6 Å². The number of benzene rings is 3. The fourth-order valence-corrected chi connectivity index (χ4v) is 4.75. The van der Waals surface area contributed by atoms with Crippen molar-refractivity contribution in [3.8, 4) is 11.5 Å². The number of carbonyl (C=O) groups is 4. The molecule has 0 saturated carbocycles. The Morgan fingerprint density at radius 1 is 0.875 bits per heavy atom. The first-order valence-corrected chi connectivity index (χ1v) is 13.2. The van der Waals surface area contributed by atoms with Crippen molar-refractivity contribution in [2.24, 2.45) is 0 Å². The van der Waals surface area contributed by atoms with Crippen molar-refractivity contribution in [2.75, 3.05) is 30.9 Å². The van der Waals surface area contributed by atoms with Crippen LogP contribution >= 0.6 is 11.8 Å². The smallest absolute Gasteiger partial charge is 0.294 e. The first kappa shape index (κ1) is 28.4. The lowest BCUT2D eigenvalue weighted by Crippen LogP contribution is -2.36. The van der Waals surface area contributed by atoms with Gasteiger partial charge in [-0.05, 0) is 97.3 Å². The lowest BCUT2D eigenvalue weighted by Gasteiger charge is -2.13. The number of amides is 4. The molecule has 10 heteroatoms. The van der Waals surface area contributed by atoms with E-state index in [4.69, 9.17) is 9.47 Å². The zero-order valence-electron chi connectivity index (χ0n) is 22.6. The van der Waals surface area contributed by atoms with E-state index in [9.17, 15) is 19.2 Å². The van der Waals surface area contributed by atoms with Gasteiger partial charge in [0.15, 0.2) is 18.1 Å². The van der Waals surface area contributed by atoms with Crippen LogP contribution in [0.25, 0.3) is 6.08 Å². The van der Waals surface area contributed by atoms with Crippen LogP contribution in [0.2, 0.25) is 0 Å². The van der Waals surface area contributed by atoms with E-state index in [1.54, 1.807) is 42.5 Å². The number of hydrogen-bond donors (Lipinski definition) is 2. The summed E-state index contributed by atoms with van der Waals surface area (Å²) in [5, 5.41) is 4.97. The minimum Gasteiger partial charge on any atom is -0.493 e. The summed E-state index contributed by atoms with van der Waals surface area (Å²) in [6.07, 6.45) is 1.54. The van der Waals surface area contributed by atoms with Gasteiger partial charge in [0.25, 0.3) is 17.1 Å². The molecule has 1 aliphatic rings. The standard InChI is InChI=1S/C30H29N3O6S/c1-18-6-5-7-22(12-18)31-27(34)16-33-29(36)26(40-30(33)37)15-21-9-11-24(25(14-21)38-4)39-17-28(35)32-23-10-8-19(2)20(3)13-23/h5-15H,16-17H2,1-4H3,(H,31,34)(H,32,35)/b26-15+. The van der Waals surface area contributed by atoms with Crippen LogP contribution in [0.1, 0.15) is 22.3 Å². The maximum Gasteiger partial charge on any atom is 0.294 e. The van der Waals surface area contributed by atoms with Crippen molar-refractivity contribution in [3.63, 3.8) is 0 Å². The highest BCUT2D eigenvalue weighted by Gasteiger charge is 2.36. The van der Waals surface area contributed by atoms with Crippen molar-refractivity contribution in [3.05, 3.63) is 87.8 Å². The summed E-state index contributed by atoms with van der Waals surface area (Å²) in [5.41, 5.74) is 5.02. The van der Waals surface area contributed by atoms with Crippen molar-refractivity contribution in [1.29, 1.82) is 0 Å². The van der Waals surface area contributed by atoms with Gasteiger partial charge in [0.05, 0.1) is 12.0 Å². The zero-order valence-corrected chi connectivity index (χ0v) is 23.4. The normalized spacial score (nSPS) is 13.9. The number of thioether (sulfide) groups is 1. The predicted molar refractivity (Wildman–Crippen MR) is 156 cm³/mol. The Bertz CT molecular complexity index is 1520. The predicted octanol–water partition coefficient (Wildman–Crippen LogP) is 5.31. The highest BCUT2D eigenvalue weighted by atomic mass is 32.2. The third kappa shape index (κ3) is 7.09. The van der Waals surface area contributed by atoms with E-state index in [1.807, 2.05) is 45.0 Å². The third-order valence-corrected chi connectivity index (χ3v) is 7.02. The SMILES string of the molecule is COc1cc(/C=C2/SC(=O)N(CC(=O)Nc3cccc(C)c3)C2=O)ccc1OCC(=O)Nc1ccc(C)c(C)c1. The second-order valence-electron chi connectivity index (χ2n) is 9.23. The molecular weight excluding hydrogens is 530 g/mol. The molecule has 0 aromatic heterocycles. The number of ether oxygens (including phenoxy) is 2. The first-order chi connectivity index (χ1) is 19.1. The number of methoxy groups -OCH3 is 1. The molecule has 3 aromatic carbocycles. The number of imide groups is 1. The molecule has 0 radical (unpaired) electrons. The van der Waals surface area contributed by atoms with Crippen LogP contribution in [-0.2, 0) is 14.4 Å². The lowest BCUT2D eigenvalue weighted by atomic mass is 10.1. The lowest BCUT2D eigenvalue weighted by molar-refractivity contribution is -0.127. The summed E-state index contributed by atoms with van der Waals surface area (Å²) >= 11 is 0.755. The molecule has 1 saturated heterocycles. The molecule has 1 heterocycles. The summed E-state index contributed by atoms with van der Waals surface area (Å²) in [6.45, 7) is 5.24. The van der Waals surface area contributed by atoms with Gasteiger partial charge in [0.2, 0.25) is 5.91 Å². The van der Waals surface area contributed by atoms with E-state index in [0.717, 1.165) is 33.4 Å². The quantitative estimate of drug-likeness (QED) is 0.342. The van der Waals surface area contributed by atoms with Crippen molar-refractivity contribution >= 4 is 52.2 Å². The molecular formula is C30H29N3O6S. The number of carbonyl (C=O) groups excluding carboxylic acids is 4. The molecule has 0 unspecified atom stereocenters. The van der Waals surface area contributed by atoms with Crippen molar-refractivity contribution < 1.29 is 28.7 Å². The van der Waals surface area contributed by atoms with Crippen LogP contribution in [0.4, 0.5) is 16.2 Å². The Labute approximate surface area is 236 Å². The summed E-state index contributed by atoms with van der Waals surface area (Å²) in [6, 6.07) is 17.8. The Kier molecular flexibility index (Phi) is 8.90. The fraction of sp³-hybridized carbons (Fsp3) is 0.200. The van der Waals surface area contributed by atoms with E-state index in [0.29, 0.717) is 28.4 Å². The second kappa shape index (κ2) is 12.5.